The van der Waals surface area contributed by atoms with Gasteiger partial charge < -0.3 is 5.32 Å². The van der Waals surface area contributed by atoms with Crippen LogP contribution >= 0.6 is 0 Å². The van der Waals surface area contributed by atoms with E-state index in [2.05, 4.69) is 24.3 Å². The molecule has 18 heavy (non-hydrogen) atoms. The van der Waals surface area contributed by atoms with Gasteiger partial charge in [-0.25, -0.2) is 0 Å². The summed E-state index contributed by atoms with van der Waals surface area (Å²) in [5.41, 5.74) is 1.73. The second-order valence-corrected chi connectivity index (χ2v) is 4.94. The Labute approximate surface area is 108 Å². The van der Waals surface area contributed by atoms with E-state index in [1.807, 2.05) is 0 Å². The van der Waals surface area contributed by atoms with Gasteiger partial charge in [-0.3, -0.25) is 14.3 Å². The highest BCUT2D eigenvalue weighted by Gasteiger charge is 2.23. The number of nitrogens with zero attached hydrogens (tertiary/aromatic N) is 2. The van der Waals surface area contributed by atoms with Gasteiger partial charge in [0.15, 0.2) is 0 Å². The SMILES string of the molecule is Cc1nn(C)c(C)c1C(=O)C(=O)NCCC(C)C. The average Bonchev–Trinajstić information content (AvgIpc) is 2.51. The van der Waals surface area contributed by atoms with E-state index in [9.17, 15) is 9.59 Å². The van der Waals surface area contributed by atoms with Crippen molar-refractivity contribution in [2.75, 3.05) is 6.54 Å². The summed E-state index contributed by atoms with van der Waals surface area (Å²) in [4.78, 5) is 23.8. The van der Waals surface area contributed by atoms with Crippen LogP contribution < -0.4 is 5.32 Å². The Bertz CT molecular complexity index is 461. The van der Waals surface area contributed by atoms with Crippen molar-refractivity contribution in [1.29, 1.82) is 0 Å². The van der Waals surface area contributed by atoms with E-state index in [1.165, 1.54) is 0 Å². The van der Waals surface area contributed by atoms with Crippen molar-refractivity contribution in [3.05, 3.63) is 17.0 Å². The summed E-state index contributed by atoms with van der Waals surface area (Å²) in [5, 5.41) is 6.79. The topological polar surface area (TPSA) is 64.0 Å². The van der Waals surface area contributed by atoms with Crippen molar-refractivity contribution >= 4 is 11.7 Å². The van der Waals surface area contributed by atoms with Gasteiger partial charge in [-0.15, -0.1) is 0 Å². The number of aryl methyl sites for hydroxylation is 2. The predicted octanol–water partition coefficient (Wildman–Crippen LogP) is 1.38. The lowest BCUT2D eigenvalue weighted by atomic mass is 10.1. The summed E-state index contributed by atoms with van der Waals surface area (Å²) in [6, 6.07) is 0. The molecular formula is C13H21N3O2. The molecule has 5 nitrogen and oxygen atoms in total. The highest BCUT2D eigenvalue weighted by atomic mass is 16.2. The highest BCUT2D eigenvalue weighted by molar-refractivity contribution is 6.43. The molecule has 0 spiro atoms. The van der Waals surface area contributed by atoms with Crippen LogP contribution in [0.15, 0.2) is 0 Å². The lowest BCUT2D eigenvalue weighted by molar-refractivity contribution is -0.117. The van der Waals surface area contributed by atoms with Crippen molar-refractivity contribution in [3.8, 4) is 0 Å². The first-order valence-electron chi connectivity index (χ1n) is 6.17. The largest absolute Gasteiger partial charge is 0.349 e. The molecule has 1 rings (SSSR count). The van der Waals surface area contributed by atoms with Crippen LogP contribution in [-0.4, -0.2) is 28.0 Å². The Hall–Kier alpha value is -1.65. The number of rotatable bonds is 5. The normalized spacial score (nSPS) is 10.8. The lowest BCUT2D eigenvalue weighted by Gasteiger charge is -2.06. The maximum absolute atomic E-state index is 12.0. The van der Waals surface area contributed by atoms with Crippen molar-refractivity contribution in [1.82, 2.24) is 15.1 Å². The molecule has 0 fully saturated rings. The number of nitrogens with one attached hydrogen (secondary N) is 1. The van der Waals surface area contributed by atoms with Crippen LogP contribution in [-0.2, 0) is 11.8 Å². The number of ketones is 1. The second-order valence-electron chi connectivity index (χ2n) is 4.94. The van der Waals surface area contributed by atoms with E-state index in [-0.39, 0.29) is 0 Å². The van der Waals surface area contributed by atoms with Crippen LogP contribution in [0, 0.1) is 19.8 Å². The molecule has 0 unspecified atom stereocenters. The van der Waals surface area contributed by atoms with Crippen LogP contribution in [0.5, 0.6) is 0 Å². The Morgan fingerprint density at radius 3 is 2.39 bits per heavy atom. The molecule has 1 N–H and O–H groups in total. The summed E-state index contributed by atoms with van der Waals surface area (Å²) in [7, 11) is 1.76. The zero-order valence-electron chi connectivity index (χ0n) is 11.7. The van der Waals surface area contributed by atoms with Crippen molar-refractivity contribution in [2.24, 2.45) is 13.0 Å². The minimum Gasteiger partial charge on any atom is -0.349 e. The summed E-state index contributed by atoms with van der Waals surface area (Å²) in [5.74, 6) is -0.543. The van der Waals surface area contributed by atoms with E-state index in [1.54, 1.807) is 25.6 Å². The molecule has 0 atom stereocenters. The zero-order valence-corrected chi connectivity index (χ0v) is 11.7. The summed E-state index contributed by atoms with van der Waals surface area (Å²) < 4.78 is 1.62. The summed E-state index contributed by atoms with van der Waals surface area (Å²) >= 11 is 0. The maximum Gasteiger partial charge on any atom is 0.292 e. The molecular weight excluding hydrogens is 230 g/mol. The van der Waals surface area contributed by atoms with Gasteiger partial charge in [0, 0.05) is 19.3 Å². The van der Waals surface area contributed by atoms with Crippen molar-refractivity contribution in [2.45, 2.75) is 34.1 Å². The molecule has 1 aromatic heterocycles. The fourth-order valence-corrected chi connectivity index (χ4v) is 1.77. The Kier molecular flexibility index (Phi) is 4.64. The molecule has 1 aromatic rings. The van der Waals surface area contributed by atoms with E-state index < -0.39 is 11.7 Å². The van der Waals surface area contributed by atoms with Gasteiger partial charge in [0.05, 0.1) is 11.3 Å². The van der Waals surface area contributed by atoms with Gasteiger partial charge in [0.2, 0.25) is 0 Å². The van der Waals surface area contributed by atoms with E-state index in [0.717, 1.165) is 12.1 Å². The van der Waals surface area contributed by atoms with Crippen LogP contribution in [0.25, 0.3) is 0 Å². The van der Waals surface area contributed by atoms with E-state index in [4.69, 9.17) is 0 Å². The third kappa shape index (κ3) is 3.18. The number of hydrogen-bond donors (Lipinski definition) is 1. The number of carbonyl (C=O) groups excluding carboxylic acids is 2. The van der Waals surface area contributed by atoms with Gasteiger partial charge in [0.1, 0.15) is 0 Å². The van der Waals surface area contributed by atoms with Gasteiger partial charge >= 0.3 is 0 Å². The number of amides is 1. The summed E-state index contributed by atoms with van der Waals surface area (Å²) in [6.07, 6.45) is 0.865. The molecule has 0 aliphatic carbocycles. The number of aromatic nitrogens is 2. The van der Waals surface area contributed by atoms with Crippen LogP contribution in [0.1, 0.15) is 42.0 Å². The quantitative estimate of drug-likeness (QED) is 0.635. The molecule has 0 aliphatic heterocycles. The molecule has 0 aromatic carbocycles. The van der Waals surface area contributed by atoms with Gasteiger partial charge in [-0.1, -0.05) is 13.8 Å². The Morgan fingerprint density at radius 2 is 1.94 bits per heavy atom. The number of carbonyl (C=O) groups is 2. The molecule has 1 heterocycles. The molecule has 0 aliphatic rings. The van der Waals surface area contributed by atoms with Crippen LogP contribution in [0.2, 0.25) is 0 Å². The van der Waals surface area contributed by atoms with E-state index >= 15 is 0 Å². The average molecular weight is 251 g/mol. The standard InChI is InChI=1S/C13H21N3O2/c1-8(2)6-7-14-13(18)12(17)11-9(3)15-16(5)10(11)4/h8H,6-7H2,1-5H3,(H,14,18). The first-order chi connectivity index (χ1) is 8.34. The van der Waals surface area contributed by atoms with Gasteiger partial charge in [-0.2, -0.15) is 5.10 Å². The molecule has 0 saturated heterocycles. The third-order valence-electron chi connectivity index (χ3n) is 2.95. The number of hydrogen-bond acceptors (Lipinski definition) is 3. The minimum absolute atomic E-state index is 0.416. The smallest absolute Gasteiger partial charge is 0.292 e. The summed E-state index contributed by atoms with van der Waals surface area (Å²) in [6.45, 7) is 8.20. The first-order valence-corrected chi connectivity index (χ1v) is 6.17. The fourth-order valence-electron chi connectivity index (χ4n) is 1.77. The highest BCUT2D eigenvalue weighted by Crippen LogP contribution is 2.12. The lowest BCUT2D eigenvalue weighted by Crippen LogP contribution is -2.32. The fraction of sp³-hybridized carbons (Fsp3) is 0.615. The van der Waals surface area contributed by atoms with E-state index in [0.29, 0.717) is 23.7 Å². The second kappa shape index (κ2) is 5.80. The van der Waals surface area contributed by atoms with Crippen LogP contribution in [0.3, 0.4) is 0 Å². The predicted molar refractivity (Wildman–Crippen MR) is 69.5 cm³/mol. The monoisotopic (exact) mass is 251 g/mol. The van der Waals surface area contributed by atoms with Crippen molar-refractivity contribution in [3.63, 3.8) is 0 Å². The first kappa shape index (κ1) is 14.4. The minimum atomic E-state index is -0.546. The third-order valence-corrected chi connectivity index (χ3v) is 2.95. The molecule has 100 valence electrons. The maximum atomic E-state index is 12.0. The Balaban J connectivity index is 2.72. The molecule has 1 amide bonds. The van der Waals surface area contributed by atoms with Crippen LogP contribution in [0.4, 0.5) is 0 Å². The Morgan fingerprint density at radius 1 is 1.33 bits per heavy atom. The molecule has 0 bridgehead atoms. The number of Topliss-reactive ketones (excluding diaryl/α,β-unsaturated/α-hetero) is 1. The van der Waals surface area contributed by atoms with Gasteiger partial charge in [0.25, 0.3) is 11.7 Å². The molecule has 0 saturated carbocycles. The molecule has 0 radical (unpaired) electrons. The zero-order chi connectivity index (χ0) is 13.9. The van der Waals surface area contributed by atoms with Gasteiger partial charge in [-0.05, 0) is 26.2 Å². The van der Waals surface area contributed by atoms with Crippen molar-refractivity contribution < 1.29 is 9.59 Å². The molecule has 5 heteroatoms.